The zero-order valence-electron chi connectivity index (χ0n) is 10.4. The normalized spacial score (nSPS) is 14.4. The number of aryl methyl sites for hydroxylation is 1. The van der Waals surface area contributed by atoms with Gasteiger partial charge >= 0.3 is 0 Å². The van der Waals surface area contributed by atoms with E-state index in [1.807, 2.05) is 11.5 Å². The van der Waals surface area contributed by atoms with Crippen molar-refractivity contribution in [2.75, 3.05) is 5.32 Å². The molecule has 98 valence electrons. The van der Waals surface area contributed by atoms with E-state index in [4.69, 9.17) is 0 Å². The highest BCUT2D eigenvalue weighted by Crippen LogP contribution is 2.37. The van der Waals surface area contributed by atoms with E-state index in [1.54, 1.807) is 6.07 Å². The van der Waals surface area contributed by atoms with Gasteiger partial charge in [0.1, 0.15) is 11.4 Å². The monoisotopic (exact) mass is 259 g/mol. The summed E-state index contributed by atoms with van der Waals surface area (Å²) in [6, 6.07) is 3.44. The van der Waals surface area contributed by atoms with Gasteiger partial charge in [-0.3, -0.25) is 19.5 Å². The van der Waals surface area contributed by atoms with Crippen molar-refractivity contribution in [3.05, 3.63) is 40.1 Å². The number of pyridine rings is 1. The number of nitrogens with zero attached hydrogens (tertiary/aromatic N) is 3. The average Bonchev–Trinajstić information content (AvgIpc) is 3.15. The topological polar surface area (TPSA) is 92.7 Å². The first-order valence-electron chi connectivity index (χ1n) is 6.07. The molecule has 0 spiro atoms. The van der Waals surface area contributed by atoms with Crippen LogP contribution in [-0.2, 0) is 0 Å². The zero-order chi connectivity index (χ0) is 13.4. The number of hydrogen-bond donors (Lipinski definition) is 2. The number of aromatic nitrogens is 4. The third-order valence-electron chi connectivity index (χ3n) is 3.07. The second-order valence-electron chi connectivity index (χ2n) is 4.54. The van der Waals surface area contributed by atoms with Crippen molar-refractivity contribution in [3.8, 4) is 0 Å². The van der Waals surface area contributed by atoms with Crippen LogP contribution in [0.5, 0.6) is 0 Å². The van der Waals surface area contributed by atoms with Crippen molar-refractivity contribution in [1.82, 2.24) is 19.7 Å². The predicted octanol–water partition coefficient (Wildman–Crippen LogP) is 0.862. The molecule has 0 bridgehead atoms. The van der Waals surface area contributed by atoms with Gasteiger partial charge in [-0.1, -0.05) is 0 Å². The van der Waals surface area contributed by atoms with E-state index in [-0.39, 0.29) is 5.56 Å². The van der Waals surface area contributed by atoms with Crippen LogP contribution >= 0.6 is 0 Å². The van der Waals surface area contributed by atoms with Crippen molar-refractivity contribution in [2.45, 2.75) is 25.8 Å². The zero-order valence-corrected chi connectivity index (χ0v) is 10.4. The Bertz CT molecular complexity index is 683. The fourth-order valence-electron chi connectivity index (χ4n) is 1.99. The van der Waals surface area contributed by atoms with Crippen molar-refractivity contribution >= 4 is 11.9 Å². The van der Waals surface area contributed by atoms with Gasteiger partial charge in [0.15, 0.2) is 0 Å². The molecular weight excluding hydrogens is 246 g/mol. The minimum absolute atomic E-state index is 0.0606. The molecule has 2 heterocycles. The Morgan fingerprint density at radius 3 is 2.95 bits per heavy atom. The molecule has 1 aliphatic rings. The van der Waals surface area contributed by atoms with Crippen molar-refractivity contribution in [3.63, 3.8) is 0 Å². The Morgan fingerprint density at radius 2 is 2.26 bits per heavy atom. The highest BCUT2D eigenvalue weighted by atomic mass is 16.2. The predicted molar refractivity (Wildman–Crippen MR) is 68.0 cm³/mol. The van der Waals surface area contributed by atoms with Gasteiger partial charge in [-0.15, -0.1) is 10.2 Å². The van der Waals surface area contributed by atoms with Gasteiger partial charge in [-0.25, -0.2) is 0 Å². The molecule has 0 aliphatic heterocycles. The summed E-state index contributed by atoms with van der Waals surface area (Å²) in [7, 11) is 0. The third kappa shape index (κ3) is 2.14. The molecule has 0 radical (unpaired) electrons. The van der Waals surface area contributed by atoms with Crippen LogP contribution in [0.3, 0.4) is 0 Å². The lowest BCUT2D eigenvalue weighted by molar-refractivity contribution is 0.102. The number of amides is 1. The molecule has 0 saturated heterocycles. The summed E-state index contributed by atoms with van der Waals surface area (Å²) in [5.74, 6) is 0.684. The number of nitrogens with one attached hydrogen (secondary N) is 2. The van der Waals surface area contributed by atoms with Crippen LogP contribution in [0.4, 0.5) is 5.95 Å². The first-order valence-corrected chi connectivity index (χ1v) is 6.07. The molecule has 2 N–H and O–H groups in total. The van der Waals surface area contributed by atoms with E-state index in [2.05, 4.69) is 20.5 Å². The lowest BCUT2D eigenvalue weighted by Crippen LogP contribution is -2.24. The molecule has 2 aromatic heterocycles. The van der Waals surface area contributed by atoms with Crippen LogP contribution in [0, 0.1) is 6.92 Å². The molecule has 3 rings (SSSR count). The molecule has 1 saturated carbocycles. The molecule has 1 amide bonds. The first kappa shape index (κ1) is 11.6. The van der Waals surface area contributed by atoms with Crippen LogP contribution in [0.25, 0.3) is 0 Å². The van der Waals surface area contributed by atoms with Crippen LogP contribution < -0.4 is 10.9 Å². The highest BCUT2D eigenvalue weighted by molar-refractivity contribution is 6.03. The molecule has 19 heavy (non-hydrogen) atoms. The molecule has 0 aromatic carbocycles. The van der Waals surface area contributed by atoms with Gasteiger partial charge in [0.2, 0.25) is 5.95 Å². The van der Waals surface area contributed by atoms with Crippen molar-refractivity contribution in [1.29, 1.82) is 0 Å². The second kappa shape index (κ2) is 4.34. The van der Waals surface area contributed by atoms with E-state index >= 15 is 0 Å². The summed E-state index contributed by atoms with van der Waals surface area (Å²) in [5, 5.41) is 10.5. The number of aromatic amines is 1. The molecule has 7 heteroatoms. The SMILES string of the molecule is Cc1nnc(NC(=O)c2ccc[nH]c2=O)n1C1CC1. The number of carbonyl (C=O) groups is 1. The Kier molecular flexibility index (Phi) is 2.66. The Morgan fingerprint density at radius 1 is 1.47 bits per heavy atom. The van der Waals surface area contributed by atoms with Gasteiger partial charge in [0, 0.05) is 12.2 Å². The molecule has 2 aromatic rings. The molecule has 1 fully saturated rings. The number of hydrogen-bond acceptors (Lipinski definition) is 4. The van der Waals surface area contributed by atoms with Gasteiger partial charge < -0.3 is 4.98 Å². The number of H-pyrrole nitrogens is 1. The van der Waals surface area contributed by atoms with Crippen LogP contribution in [-0.4, -0.2) is 25.7 Å². The van der Waals surface area contributed by atoms with Gasteiger partial charge in [-0.05, 0) is 31.9 Å². The maximum Gasteiger partial charge on any atom is 0.263 e. The molecule has 0 atom stereocenters. The number of rotatable bonds is 3. The fraction of sp³-hybridized carbons (Fsp3) is 0.333. The van der Waals surface area contributed by atoms with E-state index in [0.29, 0.717) is 12.0 Å². The Balaban J connectivity index is 1.88. The maximum absolute atomic E-state index is 12.0. The first-order chi connectivity index (χ1) is 9.16. The molecular formula is C12H13N5O2. The summed E-state index contributed by atoms with van der Waals surface area (Å²) >= 11 is 0. The van der Waals surface area contributed by atoms with Crippen LogP contribution in [0.15, 0.2) is 23.1 Å². The van der Waals surface area contributed by atoms with E-state index in [9.17, 15) is 9.59 Å². The Hall–Kier alpha value is -2.44. The molecule has 7 nitrogen and oxygen atoms in total. The quantitative estimate of drug-likeness (QED) is 0.855. The molecule has 0 unspecified atom stereocenters. The number of anilines is 1. The van der Waals surface area contributed by atoms with Gasteiger partial charge in [0.05, 0.1) is 0 Å². The number of carbonyl (C=O) groups excluding carboxylic acids is 1. The summed E-state index contributed by atoms with van der Waals surface area (Å²) < 4.78 is 1.90. The standard InChI is InChI=1S/C12H13N5O2/c1-7-15-16-12(17(7)8-4-5-8)14-11(19)9-3-2-6-13-10(9)18/h2-3,6,8H,4-5H2,1H3,(H,13,18)(H,14,16,19). The second-order valence-corrected chi connectivity index (χ2v) is 4.54. The largest absolute Gasteiger partial charge is 0.328 e. The van der Waals surface area contributed by atoms with Gasteiger partial charge in [0.25, 0.3) is 11.5 Å². The summed E-state index contributed by atoms with van der Waals surface area (Å²) in [5.41, 5.74) is -0.361. The van der Waals surface area contributed by atoms with Gasteiger partial charge in [-0.2, -0.15) is 0 Å². The van der Waals surface area contributed by atoms with Crippen molar-refractivity contribution < 1.29 is 4.79 Å². The molecule has 1 aliphatic carbocycles. The van der Waals surface area contributed by atoms with Crippen LogP contribution in [0.2, 0.25) is 0 Å². The Labute approximate surface area is 108 Å². The lowest BCUT2D eigenvalue weighted by atomic mass is 10.2. The average molecular weight is 259 g/mol. The lowest BCUT2D eigenvalue weighted by Gasteiger charge is -2.07. The minimum atomic E-state index is -0.476. The summed E-state index contributed by atoms with van der Waals surface area (Å²) in [6.45, 7) is 1.84. The summed E-state index contributed by atoms with van der Waals surface area (Å²) in [6.07, 6.45) is 3.61. The maximum atomic E-state index is 12.0. The fourth-order valence-corrected chi connectivity index (χ4v) is 1.99. The summed E-state index contributed by atoms with van der Waals surface area (Å²) in [4.78, 5) is 26.0. The van der Waals surface area contributed by atoms with Crippen molar-refractivity contribution in [2.24, 2.45) is 0 Å². The minimum Gasteiger partial charge on any atom is -0.328 e. The van der Waals surface area contributed by atoms with Crippen LogP contribution in [0.1, 0.15) is 35.1 Å². The highest BCUT2D eigenvalue weighted by Gasteiger charge is 2.29. The van der Waals surface area contributed by atoms with E-state index in [1.165, 1.54) is 12.3 Å². The van der Waals surface area contributed by atoms with E-state index in [0.717, 1.165) is 18.7 Å². The third-order valence-corrected chi connectivity index (χ3v) is 3.07. The van der Waals surface area contributed by atoms with E-state index < -0.39 is 11.5 Å². The smallest absolute Gasteiger partial charge is 0.263 e.